The number of nitrogens with zero attached hydrogens (tertiary/aromatic N) is 4. The van der Waals surface area contributed by atoms with Crippen LogP contribution in [0.3, 0.4) is 0 Å². The SMILES string of the molecule is CCN1CCN(C(=NC)c2cncc(C#CC3NC(=O)NC3=O)c2)CC1. The molecule has 1 atom stereocenters. The van der Waals surface area contributed by atoms with Crippen molar-refractivity contribution in [1.29, 1.82) is 0 Å². The van der Waals surface area contributed by atoms with Gasteiger partial charge in [0, 0.05) is 56.7 Å². The Labute approximate surface area is 152 Å². The first kappa shape index (κ1) is 17.9. The van der Waals surface area contributed by atoms with Gasteiger partial charge in [-0.1, -0.05) is 18.8 Å². The highest BCUT2D eigenvalue weighted by Crippen LogP contribution is 2.11. The lowest BCUT2D eigenvalue weighted by molar-refractivity contribution is -0.119. The molecule has 0 radical (unpaired) electrons. The largest absolute Gasteiger partial charge is 0.354 e. The maximum atomic E-state index is 11.5. The van der Waals surface area contributed by atoms with Gasteiger partial charge in [-0.05, 0) is 12.6 Å². The zero-order valence-electron chi connectivity index (χ0n) is 15.0. The summed E-state index contributed by atoms with van der Waals surface area (Å²) >= 11 is 0. The third kappa shape index (κ3) is 4.00. The second kappa shape index (κ2) is 7.97. The number of nitrogens with one attached hydrogen (secondary N) is 2. The van der Waals surface area contributed by atoms with Crippen LogP contribution in [-0.4, -0.2) is 78.4 Å². The quantitative estimate of drug-likeness (QED) is 0.328. The molecule has 0 bridgehead atoms. The summed E-state index contributed by atoms with van der Waals surface area (Å²) in [5.74, 6) is 6.13. The Morgan fingerprint density at radius 3 is 2.69 bits per heavy atom. The van der Waals surface area contributed by atoms with Gasteiger partial charge in [0.2, 0.25) is 0 Å². The number of rotatable bonds is 2. The number of imide groups is 1. The number of piperazine rings is 1. The average Bonchev–Trinajstić information content (AvgIpc) is 2.99. The minimum Gasteiger partial charge on any atom is -0.354 e. The molecule has 0 aliphatic carbocycles. The zero-order chi connectivity index (χ0) is 18.5. The Morgan fingerprint density at radius 2 is 2.08 bits per heavy atom. The van der Waals surface area contributed by atoms with Gasteiger partial charge < -0.3 is 15.1 Å². The number of urea groups is 1. The predicted octanol–water partition coefficient (Wildman–Crippen LogP) is -0.345. The summed E-state index contributed by atoms with van der Waals surface area (Å²) in [5.41, 5.74) is 1.56. The Morgan fingerprint density at radius 1 is 1.31 bits per heavy atom. The molecule has 26 heavy (non-hydrogen) atoms. The highest BCUT2D eigenvalue weighted by molar-refractivity contribution is 6.06. The van der Waals surface area contributed by atoms with E-state index in [9.17, 15) is 9.59 Å². The van der Waals surface area contributed by atoms with Crippen LogP contribution in [-0.2, 0) is 4.79 Å². The van der Waals surface area contributed by atoms with Crippen LogP contribution in [0.5, 0.6) is 0 Å². The number of aromatic nitrogens is 1. The summed E-state index contributed by atoms with van der Waals surface area (Å²) in [6.45, 7) is 7.10. The third-order valence-corrected chi connectivity index (χ3v) is 4.46. The molecule has 0 saturated carbocycles. The van der Waals surface area contributed by atoms with Gasteiger partial charge in [-0.3, -0.25) is 20.1 Å². The monoisotopic (exact) mass is 354 g/mol. The summed E-state index contributed by atoms with van der Waals surface area (Å²) in [6, 6.07) is 0.559. The lowest BCUT2D eigenvalue weighted by Crippen LogP contribution is -2.48. The molecule has 2 aliphatic rings. The second-order valence-electron chi connectivity index (χ2n) is 6.10. The van der Waals surface area contributed by atoms with Gasteiger partial charge in [-0.15, -0.1) is 0 Å². The van der Waals surface area contributed by atoms with Gasteiger partial charge >= 0.3 is 6.03 Å². The van der Waals surface area contributed by atoms with E-state index in [0.29, 0.717) is 5.56 Å². The van der Waals surface area contributed by atoms with E-state index >= 15 is 0 Å². The molecule has 2 aliphatic heterocycles. The molecule has 1 aromatic rings. The van der Waals surface area contributed by atoms with Crippen molar-refractivity contribution in [2.45, 2.75) is 13.0 Å². The van der Waals surface area contributed by atoms with Crippen molar-refractivity contribution in [2.75, 3.05) is 39.8 Å². The van der Waals surface area contributed by atoms with E-state index in [1.54, 1.807) is 19.4 Å². The molecule has 136 valence electrons. The van der Waals surface area contributed by atoms with Gasteiger partial charge in [0.05, 0.1) is 0 Å². The average molecular weight is 354 g/mol. The standard InChI is InChI=1S/C18H22N6O2/c1-3-23-6-8-24(9-7-23)16(19-2)14-10-13(11-20-12-14)4-5-15-17(25)22-18(26)21-15/h10-12,15H,3,6-9H2,1-2H3,(H2,21,22,25,26). The van der Waals surface area contributed by atoms with Crippen molar-refractivity contribution >= 4 is 17.8 Å². The van der Waals surface area contributed by atoms with Crippen molar-refractivity contribution in [3.63, 3.8) is 0 Å². The lowest BCUT2D eigenvalue weighted by atomic mass is 10.1. The Bertz CT molecular complexity index is 786. The molecule has 3 rings (SSSR count). The second-order valence-corrected chi connectivity index (χ2v) is 6.10. The normalized spacial score (nSPS) is 21.1. The molecule has 0 spiro atoms. The van der Waals surface area contributed by atoms with Crippen molar-refractivity contribution in [2.24, 2.45) is 4.99 Å². The molecule has 3 amide bonds. The Balaban J connectivity index is 1.74. The first-order chi connectivity index (χ1) is 12.6. The lowest BCUT2D eigenvalue weighted by Gasteiger charge is -2.36. The van der Waals surface area contributed by atoms with Gasteiger partial charge in [-0.25, -0.2) is 4.79 Å². The Kier molecular flexibility index (Phi) is 5.49. The first-order valence-corrected chi connectivity index (χ1v) is 8.63. The minimum absolute atomic E-state index is 0.434. The summed E-state index contributed by atoms with van der Waals surface area (Å²) in [7, 11) is 1.78. The van der Waals surface area contributed by atoms with Crippen molar-refractivity contribution in [3.8, 4) is 11.8 Å². The van der Waals surface area contributed by atoms with Crippen LogP contribution in [0.1, 0.15) is 18.1 Å². The number of hydrogen-bond acceptors (Lipinski definition) is 5. The molecule has 0 aromatic carbocycles. The summed E-state index contributed by atoms with van der Waals surface area (Å²) in [6.07, 6.45) is 3.40. The van der Waals surface area contributed by atoms with Crippen LogP contribution in [0.2, 0.25) is 0 Å². The highest BCUT2D eigenvalue weighted by Gasteiger charge is 2.27. The fourth-order valence-corrected chi connectivity index (χ4v) is 3.03. The Hall–Kier alpha value is -2.92. The minimum atomic E-state index is -0.826. The van der Waals surface area contributed by atoms with E-state index in [4.69, 9.17) is 0 Å². The molecule has 8 nitrogen and oxygen atoms in total. The van der Waals surface area contributed by atoms with Crippen molar-refractivity contribution in [1.82, 2.24) is 25.4 Å². The van der Waals surface area contributed by atoms with E-state index in [0.717, 1.165) is 44.1 Å². The number of likely N-dealkylation sites (N-methyl/N-ethyl adjacent to an activating group) is 1. The number of amides is 3. The van der Waals surface area contributed by atoms with E-state index < -0.39 is 18.0 Å². The number of carbonyl (C=O) groups excluding carboxylic acids is 2. The molecule has 2 fully saturated rings. The maximum absolute atomic E-state index is 11.5. The van der Waals surface area contributed by atoms with Crippen molar-refractivity contribution in [3.05, 3.63) is 29.6 Å². The van der Waals surface area contributed by atoms with E-state index in [2.05, 4.69) is 49.2 Å². The van der Waals surface area contributed by atoms with Gasteiger partial charge in [0.15, 0.2) is 6.04 Å². The number of amidine groups is 1. The molecule has 1 unspecified atom stereocenters. The number of hydrogen-bond donors (Lipinski definition) is 2. The summed E-state index contributed by atoms with van der Waals surface area (Å²) < 4.78 is 0. The smallest absolute Gasteiger partial charge is 0.322 e. The van der Waals surface area contributed by atoms with Gasteiger partial charge in [-0.2, -0.15) is 0 Å². The molecule has 2 saturated heterocycles. The van der Waals surface area contributed by atoms with E-state index in [1.807, 2.05) is 6.07 Å². The molecule has 3 heterocycles. The zero-order valence-corrected chi connectivity index (χ0v) is 15.0. The molecular weight excluding hydrogens is 332 g/mol. The third-order valence-electron chi connectivity index (χ3n) is 4.46. The van der Waals surface area contributed by atoms with E-state index in [1.165, 1.54) is 0 Å². The number of pyridine rings is 1. The van der Waals surface area contributed by atoms with E-state index in [-0.39, 0.29) is 0 Å². The molecular formula is C18H22N6O2. The maximum Gasteiger partial charge on any atom is 0.322 e. The summed E-state index contributed by atoms with van der Waals surface area (Å²) in [4.78, 5) is 36.0. The van der Waals surface area contributed by atoms with Gasteiger partial charge in [0.25, 0.3) is 5.91 Å². The topological polar surface area (TPSA) is 89.9 Å². The molecule has 2 N–H and O–H groups in total. The highest BCUT2D eigenvalue weighted by atomic mass is 16.2. The fraction of sp³-hybridized carbons (Fsp3) is 0.444. The first-order valence-electron chi connectivity index (χ1n) is 8.63. The van der Waals surface area contributed by atoms with Crippen LogP contribution >= 0.6 is 0 Å². The number of carbonyl (C=O) groups is 2. The van der Waals surface area contributed by atoms with Crippen molar-refractivity contribution < 1.29 is 9.59 Å². The molecule has 8 heteroatoms. The van der Waals surface area contributed by atoms with Crippen LogP contribution in [0.15, 0.2) is 23.5 Å². The van der Waals surface area contributed by atoms with Crippen LogP contribution in [0.4, 0.5) is 4.79 Å². The number of aliphatic imine (C=N–C) groups is 1. The molecule has 1 aromatic heterocycles. The summed E-state index contributed by atoms with van der Waals surface area (Å²) in [5, 5.41) is 4.61. The van der Waals surface area contributed by atoms with Crippen LogP contribution in [0.25, 0.3) is 0 Å². The predicted molar refractivity (Wildman–Crippen MR) is 97.7 cm³/mol. The fourth-order valence-electron chi connectivity index (χ4n) is 3.03. The van der Waals surface area contributed by atoms with Crippen LogP contribution < -0.4 is 10.6 Å². The van der Waals surface area contributed by atoms with Gasteiger partial charge in [0.1, 0.15) is 5.84 Å². The van der Waals surface area contributed by atoms with Crippen LogP contribution in [0, 0.1) is 11.8 Å².